The van der Waals surface area contributed by atoms with Crippen molar-refractivity contribution in [2.75, 3.05) is 17.2 Å². The second kappa shape index (κ2) is 10.8. The first-order valence-corrected chi connectivity index (χ1v) is 9.67. The average Bonchev–Trinajstić information content (AvgIpc) is 2.47. The maximum absolute atomic E-state index is 11.3. The van der Waals surface area contributed by atoms with Gasteiger partial charge in [0.1, 0.15) is 0 Å². The number of benzene rings is 1. The number of phenolic OH excluding ortho intramolecular Hbond substituents is 1. The Labute approximate surface area is 208 Å². The number of aromatic hydroxyl groups is 1. The second-order valence-electron chi connectivity index (χ2n) is 7.06. The molecule has 1 aliphatic rings. The van der Waals surface area contributed by atoms with Crippen molar-refractivity contribution in [2.45, 2.75) is 44.6 Å². The number of carboxylic acid groups (broad SMARTS) is 1. The SMILES string of the molecule is CC1(C)CC(CS(=O)(=O)[O-])c2cc(ON)c(O)cc2N1CCCC(=O)[O-].[Na+].[Na+]. The van der Waals surface area contributed by atoms with E-state index >= 15 is 0 Å². The van der Waals surface area contributed by atoms with E-state index in [1.807, 2.05) is 18.7 Å². The molecule has 3 N–H and O–H groups in total. The summed E-state index contributed by atoms with van der Waals surface area (Å²) in [4.78, 5) is 17.2. The van der Waals surface area contributed by atoms with Crippen LogP contribution in [-0.4, -0.2) is 41.9 Å². The van der Waals surface area contributed by atoms with Gasteiger partial charge in [0.25, 0.3) is 0 Å². The Balaban J connectivity index is 0.00000364. The number of aliphatic carboxylic acids is 1. The Hall–Kier alpha value is -0.0400. The van der Waals surface area contributed by atoms with E-state index in [2.05, 4.69) is 4.84 Å². The summed E-state index contributed by atoms with van der Waals surface area (Å²) < 4.78 is 34.0. The molecule has 1 unspecified atom stereocenters. The molecule has 0 aromatic heterocycles. The van der Waals surface area contributed by atoms with Crippen LogP contribution in [0.5, 0.6) is 11.5 Å². The minimum absolute atomic E-state index is 0. The van der Waals surface area contributed by atoms with Gasteiger partial charge in [-0.1, -0.05) is 0 Å². The van der Waals surface area contributed by atoms with Gasteiger partial charge in [0.2, 0.25) is 0 Å². The van der Waals surface area contributed by atoms with Crippen LogP contribution in [0.25, 0.3) is 0 Å². The van der Waals surface area contributed by atoms with Gasteiger partial charge in [-0.3, -0.25) is 0 Å². The van der Waals surface area contributed by atoms with Crippen LogP contribution in [0.2, 0.25) is 0 Å². The molecule has 0 aliphatic carbocycles. The second-order valence-corrected chi connectivity index (χ2v) is 8.51. The smallest absolute Gasteiger partial charge is 0.748 e. The van der Waals surface area contributed by atoms with Gasteiger partial charge < -0.3 is 29.3 Å². The minimum Gasteiger partial charge on any atom is -0.748 e. The number of nitrogens with zero attached hydrogens (tertiary/aromatic N) is 1. The summed E-state index contributed by atoms with van der Waals surface area (Å²) in [5, 5.41) is 20.8. The predicted octanol–water partition coefficient (Wildman–Crippen LogP) is -6.20. The number of carbonyl (C=O) groups is 1. The van der Waals surface area contributed by atoms with Gasteiger partial charge in [-0.2, -0.15) is 5.90 Å². The molecule has 1 aliphatic heterocycles. The molecule has 0 spiro atoms. The maximum Gasteiger partial charge on any atom is 1.00 e. The van der Waals surface area contributed by atoms with Gasteiger partial charge in [-0.25, -0.2) is 8.42 Å². The molecule has 1 heterocycles. The summed E-state index contributed by atoms with van der Waals surface area (Å²) >= 11 is 0. The Morgan fingerprint density at radius 2 is 2.00 bits per heavy atom. The molecule has 0 fully saturated rings. The normalized spacial score (nSPS) is 17.7. The summed E-state index contributed by atoms with van der Waals surface area (Å²) in [6.07, 6.45) is 0.531. The third kappa shape index (κ3) is 7.03. The summed E-state index contributed by atoms with van der Waals surface area (Å²) in [5.74, 6) is 2.50. The van der Waals surface area contributed by atoms with Gasteiger partial charge >= 0.3 is 59.1 Å². The molecule has 146 valence electrons. The molecule has 0 amide bonds. The molecule has 0 bridgehead atoms. The molecule has 1 aromatic rings. The van der Waals surface area contributed by atoms with Crippen molar-refractivity contribution < 1.29 is 91.9 Å². The maximum atomic E-state index is 11.3. The summed E-state index contributed by atoms with van der Waals surface area (Å²) in [7, 11) is -4.48. The fourth-order valence-electron chi connectivity index (χ4n) is 3.58. The fourth-order valence-corrected chi connectivity index (χ4v) is 4.37. The van der Waals surface area contributed by atoms with Crippen LogP contribution < -0.4 is 79.9 Å². The number of carboxylic acids is 1. The molecular formula is C16H22N2Na2O7S. The van der Waals surface area contributed by atoms with Gasteiger partial charge in [-0.05, 0) is 44.7 Å². The zero-order valence-corrected chi connectivity index (χ0v) is 21.4. The van der Waals surface area contributed by atoms with Gasteiger partial charge in [0.15, 0.2) is 11.5 Å². The molecule has 0 saturated carbocycles. The summed E-state index contributed by atoms with van der Waals surface area (Å²) in [6, 6.07) is 2.81. The number of hydrogen-bond acceptors (Lipinski definition) is 9. The van der Waals surface area contributed by atoms with Crippen LogP contribution in [0.3, 0.4) is 0 Å². The van der Waals surface area contributed by atoms with Crippen molar-refractivity contribution in [2.24, 2.45) is 5.90 Å². The topological polar surface area (TPSA) is 156 Å². The fraction of sp³-hybridized carbons (Fsp3) is 0.562. The number of rotatable bonds is 7. The average molecular weight is 432 g/mol. The largest absolute Gasteiger partial charge is 1.00 e. The predicted molar refractivity (Wildman–Crippen MR) is 90.5 cm³/mol. The standard InChI is InChI=1S/C16H24N2O7S.2Na/c1-16(2)8-10(9-26(22,23)24)11-6-14(25-17)13(19)7-12(11)18(16)5-3-4-15(20)21;;/h6-7,10,19H,3-5,8-9,17H2,1-2H3,(H,20,21)(H,22,23,24);;/q;2*+1/p-2. The van der Waals surface area contributed by atoms with Gasteiger partial charge in [0, 0.05) is 41.5 Å². The van der Waals surface area contributed by atoms with Crippen LogP contribution >= 0.6 is 0 Å². The monoisotopic (exact) mass is 432 g/mol. The van der Waals surface area contributed by atoms with Crippen LogP contribution in [0, 0.1) is 0 Å². The van der Waals surface area contributed by atoms with Crippen molar-refractivity contribution >= 4 is 21.8 Å². The molecule has 9 nitrogen and oxygen atoms in total. The van der Waals surface area contributed by atoms with Gasteiger partial charge in [0.05, 0.1) is 10.1 Å². The molecular weight excluding hydrogens is 410 g/mol. The third-order valence-electron chi connectivity index (χ3n) is 4.61. The van der Waals surface area contributed by atoms with E-state index in [-0.39, 0.29) is 77.0 Å². The van der Waals surface area contributed by atoms with E-state index in [9.17, 15) is 28.0 Å². The Morgan fingerprint density at radius 3 is 2.50 bits per heavy atom. The molecule has 0 saturated heterocycles. The van der Waals surface area contributed by atoms with Crippen LogP contribution in [-0.2, 0) is 14.9 Å². The number of hydrogen-bond donors (Lipinski definition) is 2. The Bertz CT molecular complexity index is 802. The van der Waals surface area contributed by atoms with Crippen LogP contribution in [0.15, 0.2) is 12.1 Å². The first-order valence-electron chi connectivity index (χ1n) is 8.09. The Morgan fingerprint density at radius 1 is 1.39 bits per heavy atom. The van der Waals surface area contributed by atoms with E-state index in [1.165, 1.54) is 12.1 Å². The molecule has 12 heteroatoms. The number of fused-ring (bicyclic) bond motifs is 1. The van der Waals surface area contributed by atoms with Crippen molar-refractivity contribution in [3.8, 4) is 11.5 Å². The number of anilines is 1. The quantitative estimate of drug-likeness (QED) is 0.243. The Kier molecular flexibility index (Phi) is 10.8. The van der Waals surface area contributed by atoms with E-state index in [0.717, 1.165) is 0 Å². The van der Waals surface area contributed by atoms with Crippen molar-refractivity contribution in [3.63, 3.8) is 0 Å². The molecule has 1 atom stereocenters. The molecule has 1 aromatic carbocycles. The third-order valence-corrected chi connectivity index (χ3v) is 5.42. The zero-order valence-electron chi connectivity index (χ0n) is 16.6. The molecule has 0 radical (unpaired) electrons. The number of phenols is 1. The first-order chi connectivity index (χ1) is 11.9. The summed E-state index contributed by atoms with van der Waals surface area (Å²) in [6.45, 7) is 4.08. The van der Waals surface area contributed by atoms with Gasteiger partial charge in [-0.15, -0.1) is 0 Å². The van der Waals surface area contributed by atoms with Crippen molar-refractivity contribution in [1.82, 2.24) is 0 Å². The number of nitrogens with two attached hydrogens (primary N) is 1. The van der Waals surface area contributed by atoms with E-state index in [4.69, 9.17) is 5.90 Å². The molecule has 28 heavy (non-hydrogen) atoms. The number of carbonyl (C=O) groups excluding carboxylic acids is 1. The van der Waals surface area contributed by atoms with E-state index in [1.54, 1.807) is 0 Å². The molecule has 2 rings (SSSR count). The van der Waals surface area contributed by atoms with E-state index < -0.39 is 33.3 Å². The van der Waals surface area contributed by atoms with Crippen LogP contribution in [0.1, 0.15) is 44.6 Å². The zero-order chi connectivity index (χ0) is 19.7. The minimum atomic E-state index is -4.48. The van der Waals surface area contributed by atoms with Crippen molar-refractivity contribution in [1.29, 1.82) is 0 Å². The van der Waals surface area contributed by atoms with E-state index in [0.29, 0.717) is 30.6 Å². The summed E-state index contributed by atoms with van der Waals surface area (Å²) in [5.41, 5.74) is 0.466. The van der Waals surface area contributed by atoms with Crippen LogP contribution in [0.4, 0.5) is 5.69 Å². The van der Waals surface area contributed by atoms with Crippen molar-refractivity contribution in [3.05, 3.63) is 17.7 Å². The first kappa shape index (κ1) is 28.0.